The van der Waals surface area contributed by atoms with Gasteiger partial charge in [0.2, 0.25) is 0 Å². The number of rotatable bonds is 6. The van der Waals surface area contributed by atoms with Gasteiger partial charge in [-0.25, -0.2) is 4.98 Å². The lowest BCUT2D eigenvalue weighted by Gasteiger charge is -2.13. The second kappa shape index (κ2) is 6.83. The first kappa shape index (κ1) is 15.0. The van der Waals surface area contributed by atoms with Gasteiger partial charge in [0.1, 0.15) is 6.04 Å². The van der Waals surface area contributed by atoms with Crippen LogP contribution >= 0.6 is 11.6 Å². The Morgan fingerprint density at radius 1 is 1.50 bits per heavy atom. The summed E-state index contributed by atoms with van der Waals surface area (Å²) in [6.45, 7) is 3.56. The highest BCUT2D eigenvalue weighted by atomic mass is 35.5. The largest absolute Gasteiger partial charge is 0.379 e. The molecule has 3 N–H and O–H groups in total. The standard InChI is InChI=1S/C14H18ClN3O2/c1-3-11(16-6-7-20-2)13-17-12-8-9(15)4-5-10(12)14(19)18-13/h4-5,8,11,16H,3,6-7H2,1-2H3,(H,17,18,19)/p+1/t11-/m1/s1. The molecule has 1 atom stereocenters. The van der Waals surface area contributed by atoms with Crippen LogP contribution < -0.4 is 10.9 Å². The monoisotopic (exact) mass is 296 g/mol. The lowest BCUT2D eigenvalue weighted by Crippen LogP contribution is -2.86. The van der Waals surface area contributed by atoms with E-state index in [1.165, 1.54) is 0 Å². The quantitative estimate of drug-likeness (QED) is 0.788. The highest BCUT2D eigenvalue weighted by molar-refractivity contribution is 6.31. The van der Waals surface area contributed by atoms with Crippen molar-refractivity contribution in [3.8, 4) is 0 Å². The lowest BCUT2D eigenvalue weighted by atomic mass is 10.2. The van der Waals surface area contributed by atoms with E-state index in [0.717, 1.165) is 13.0 Å². The Balaban J connectivity index is 2.35. The number of hydrogen-bond donors (Lipinski definition) is 2. The number of quaternary nitrogens is 1. The number of aromatic nitrogens is 2. The summed E-state index contributed by atoms with van der Waals surface area (Å²) in [6, 6.07) is 5.23. The molecule has 5 nitrogen and oxygen atoms in total. The van der Waals surface area contributed by atoms with E-state index >= 15 is 0 Å². The topological polar surface area (TPSA) is 71.6 Å². The van der Waals surface area contributed by atoms with E-state index in [-0.39, 0.29) is 11.6 Å². The summed E-state index contributed by atoms with van der Waals surface area (Å²) in [5.74, 6) is 0.684. The lowest BCUT2D eigenvalue weighted by molar-refractivity contribution is -0.698. The van der Waals surface area contributed by atoms with E-state index in [9.17, 15) is 4.79 Å². The molecule has 0 aliphatic carbocycles. The van der Waals surface area contributed by atoms with Crippen molar-refractivity contribution in [2.45, 2.75) is 19.4 Å². The van der Waals surface area contributed by atoms with Crippen molar-refractivity contribution < 1.29 is 10.1 Å². The second-order valence-electron chi connectivity index (χ2n) is 4.64. The van der Waals surface area contributed by atoms with Crippen LogP contribution in [0, 0.1) is 0 Å². The van der Waals surface area contributed by atoms with Gasteiger partial charge in [-0.05, 0) is 18.2 Å². The van der Waals surface area contributed by atoms with Gasteiger partial charge in [0.25, 0.3) is 5.56 Å². The van der Waals surface area contributed by atoms with E-state index in [1.807, 2.05) is 0 Å². The summed E-state index contributed by atoms with van der Waals surface area (Å²) in [6.07, 6.45) is 0.874. The molecule has 0 saturated carbocycles. The molecule has 2 rings (SSSR count). The van der Waals surface area contributed by atoms with Gasteiger partial charge in [0, 0.05) is 18.6 Å². The van der Waals surface area contributed by atoms with E-state index in [4.69, 9.17) is 16.3 Å². The van der Waals surface area contributed by atoms with Gasteiger partial charge in [0.05, 0.1) is 24.1 Å². The molecule has 0 amide bonds. The van der Waals surface area contributed by atoms with Crippen molar-refractivity contribution in [1.29, 1.82) is 0 Å². The van der Waals surface area contributed by atoms with Crippen LogP contribution in [-0.2, 0) is 4.74 Å². The smallest absolute Gasteiger partial charge is 0.258 e. The number of halogens is 1. The first-order valence-electron chi connectivity index (χ1n) is 6.67. The fraction of sp³-hybridized carbons (Fsp3) is 0.429. The van der Waals surface area contributed by atoms with Gasteiger partial charge in [-0.2, -0.15) is 0 Å². The highest BCUT2D eigenvalue weighted by Crippen LogP contribution is 2.16. The van der Waals surface area contributed by atoms with Crippen molar-refractivity contribution in [2.24, 2.45) is 0 Å². The third kappa shape index (κ3) is 3.36. The molecule has 0 aliphatic heterocycles. The third-order valence-electron chi connectivity index (χ3n) is 3.25. The van der Waals surface area contributed by atoms with E-state index in [0.29, 0.717) is 28.4 Å². The van der Waals surface area contributed by atoms with Crippen LogP contribution in [0.4, 0.5) is 0 Å². The fourth-order valence-corrected chi connectivity index (χ4v) is 2.33. The molecule has 6 heteroatoms. The highest BCUT2D eigenvalue weighted by Gasteiger charge is 2.16. The molecule has 2 aromatic rings. The maximum Gasteiger partial charge on any atom is 0.258 e. The predicted molar refractivity (Wildman–Crippen MR) is 79.1 cm³/mol. The van der Waals surface area contributed by atoms with Crippen molar-refractivity contribution in [3.05, 3.63) is 39.4 Å². The molecule has 0 bridgehead atoms. The number of ether oxygens (including phenoxy) is 1. The number of hydrogen-bond acceptors (Lipinski definition) is 3. The number of nitrogens with two attached hydrogens (primary N) is 1. The maximum atomic E-state index is 12.1. The molecule has 0 fully saturated rings. The number of fused-ring (bicyclic) bond motifs is 1. The third-order valence-corrected chi connectivity index (χ3v) is 3.49. The average molecular weight is 297 g/mol. The van der Waals surface area contributed by atoms with Crippen LogP contribution in [-0.4, -0.2) is 30.2 Å². The first-order chi connectivity index (χ1) is 9.65. The number of nitrogens with one attached hydrogen (secondary N) is 1. The average Bonchev–Trinajstić information content (AvgIpc) is 2.43. The molecule has 108 valence electrons. The van der Waals surface area contributed by atoms with Crippen LogP contribution in [0.3, 0.4) is 0 Å². The number of methoxy groups -OCH3 is 1. The number of aromatic amines is 1. The van der Waals surface area contributed by atoms with Gasteiger partial charge in [0.15, 0.2) is 5.82 Å². The summed E-state index contributed by atoms with van der Waals surface area (Å²) >= 11 is 5.96. The Kier molecular flexibility index (Phi) is 5.11. The fourth-order valence-electron chi connectivity index (χ4n) is 2.17. The van der Waals surface area contributed by atoms with Crippen molar-refractivity contribution in [2.75, 3.05) is 20.3 Å². The van der Waals surface area contributed by atoms with E-state index in [2.05, 4.69) is 22.2 Å². The Morgan fingerprint density at radius 3 is 3.00 bits per heavy atom. The minimum atomic E-state index is -0.125. The molecular weight excluding hydrogens is 278 g/mol. The summed E-state index contributed by atoms with van der Waals surface area (Å²) in [5, 5.41) is 3.26. The Bertz CT molecular complexity index is 642. The molecule has 1 heterocycles. The van der Waals surface area contributed by atoms with Gasteiger partial charge in [-0.3, -0.25) is 4.79 Å². The zero-order valence-corrected chi connectivity index (χ0v) is 12.4. The van der Waals surface area contributed by atoms with Crippen LogP contribution in [0.2, 0.25) is 5.02 Å². The zero-order valence-electron chi connectivity index (χ0n) is 11.6. The molecule has 0 spiro atoms. The molecule has 1 aromatic heterocycles. The van der Waals surface area contributed by atoms with Crippen LogP contribution in [0.5, 0.6) is 0 Å². The Hall–Kier alpha value is -1.43. The van der Waals surface area contributed by atoms with Crippen molar-refractivity contribution in [1.82, 2.24) is 9.97 Å². The van der Waals surface area contributed by atoms with Crippen LogP contribution in [0.15, 0.2) is 23.0 Å². The molecule has 20 heavy (non-hydrogen) atoms. The van der Waals surface area contributed by atoms with E-state index < -0.39 is 0 Å². The van der Waals surface area contributed by atoms with Crippen LogP contribution in [0.25, 0.3) is 10.9 Å². The Morgan fingerprint density at radius 2 is 2.30 bits per heavy atom. The summed E-state index contributed by atoms with van der Waals surface area (Å²) in [7, 11) is 1.67. The molecule has 0 radical (unpaired) electrons. The van der Waals surface area contributed by atoms with Gasteiger partial charge in [-0.15, -0.1) is 0 Å². The number of H-pyrrole nitrogens is 1. The molecule has 0 unspecified atom stereocenters. The second-order valence-corrected chi connectivity index (χ2v) is 5.08. The van der Waals surface area contributed by atoms with Gasteiger partial charge >= 0.3 is 0 Å². The minimum Gasteiger partial charge on any atom is -0.379 e. The van der Waals surface area contributed by atoms with Crippen LogP contribution in [0.1, 0.15) is 25.2 Å². The summed E-state index contributed by atoms with van der Waals surface area (Å²) in [5.41, 5.74) is 0.509. The van der Waals surface area contributed by atoms with Gasteiger partial charge < -0.3 is 15.0 Å². The maximum absolute atomic E-state index is 12.1. The van der Waals surface area contributed by atoms with Gasteiger partial charge in [-0.1, -0.05) is 18.5 Å². The number of benzene rings is 1. The summed E-state index contributed by atoms with van der Waals surface area (Å²) < 4.78 is 5.04. The zero-order chi connectivity index (χ0) is 14.5. The van der Waals surface area contributed by atoms with E-state index in [1.54, 1.807) is 25.3 Å². The molecule has 0 aliphatic rings. The normalized spacial score (nSPS) is 12.8. The minimum absolute atomic E-state index is 0.112. The van der Waals surface area contributed by atoms with Crippen molar-refractivity contribution in [3.63, 3.8) is 0 Å². The molecule has 1 aromatic carbocycles. The molecular formula is C14H19ClN3O2+. The SMILES string of the molecule is CC[C@@H]([NH2+]CCOC)c1nc2cc(Cl)ccc2c(=O)[nH]1. The molecule has 0 saturated heterocycles. The number of nitrogens with zero attached hydrogens (tertiary/aromatic N) is 1. The summed E-state index contributed by atoms with van der Waals surface area (Å²) in [4.78, 5) is 19.5. The van der Waals surface area contributed by atoms with Crippen molar-refractivity contribution >= 4 is 22.5 Å². The first-order valence-corrected chi connectivity index (χ1v) is 7.05. The predicted octanol–water partition coefficient (Wildman–Crippen LogP) is 1.24. The Labute approximate surface area is 122 Å².